The summed E-state index contributed by atoms with van der Waals surface area (Å²) in [6, 6.07) is 0. The summed E-state index contributed by atoms with van der Waals surface area (Å²) in [5, 5.41) is 4.11. The van der Waals surface area contributed by atoms with E-state index in [1.165, 1.54) is 32.1 Å². The van der Waals surface area contributed by atoms with E-state index in [1.807, 2.05) is 13.2 Å². The Bertz CT molecular complexity index is 308. The van der Waals surface area contributed by atoms with E-state index in [0.717, 1.165) is 11.7 Å². The van der Waals surface area contributed by atoms with Gasteiger partial charge in [0.2, 0.25) is 0 Å². The molecule has 2 rings (SSSR count). The first kappa shape index (κ1) is 10.5. The fourth-order valence-electron chi connectivity index (χ4n) is 2.37. The molecule has 1 aromatic rings. The van der Waals surface area contributed by atoms with E-state index in [4.69, 9.17) is 4.74 Å². The average Bonchev–Trinajstić information content (AvgIpc) is 2.64. The highest BCUT2D eigenvalue weighted by Crippen LogP contribution is 2.29. The molecule has 3 heteroatoms. The van der Waals surface area contributed by atoms with Crippen LogP contribution in [0.5, 0.6) is 5.75 Å². The van der Waals surface area contributed by atoms with Crippen molar-refractivity contribution in [2.24, 2.45) is 13.0 Å². The topological polar surface area (TPSA) is 27.1 Å². The molecule has 84 valence electrons. The number of aromatic nitrogens is 2. The van der Waals surface area contributed by atoms with Crippen LogP contribution in [0.4, 0.5) is 0 Å². The van der Waals surface area contributed by atoms with Crippen LogP contribution in [0.2, 0.25) is 0 Å². The van der Waals surface area contributed by atoms with E-state index >= 15 is 0 Å². The molecule has 1 aliphatic rings. The Hall–Kier alpha value is -0.990. The third kappa shape index (κ3) is 2.74. The maximum Gasteiger partial charge on any atom is 0.157 e. The molecule has 2 atom stereocenters. The van der Waals surface area contributed by atoms with E-state index < -0.39 is 0 Å². The predicted octanol–water partition coefficient (Wildman–Crippen LogP) is 2.77. The molecular weight excluding hydrogens is 188 g/mol. The largest absolute Gasteiger partial charge is 0.487 e. The highest BCUT2D eigenvalue weighted by atomic mass is 16.5. The first-order chi connectivity index (χ1) is 7.28. The van der Waals surface area contributed by atoms with Crippen LogP contribution in [-0.2, 0) is 7.05 Å². The molecule has 1 aliphatic carbocycles. The zero-order chi connectivity index (χ0) is 10.7. The van der Waals surface area contributed by atoms with Crippen molar-refractivity contribution in [2.75, 3.05) is 0 Å². The number of hydrogen-bond donors (Lipinski definition) is 0. The molecule has 1 heterocycles. The quantitative estimate of drug-likeness (QED) is 0.763. The van der Waals surface area contributed by atoms with Crippen molar-refractivity contribution in [3.63, 3.8) is 0 Å². The third-order valence-electron chi connectivity index (χ3n) is 3.30. The molecule has 0 amide bonds. The monoisotopic (exact) mass is 208 g/mol. The van der Waals surface area contributed by atoms with E-state index in [1.54, 1.807) is 10.9 Å². The predicted molar refractivity (Wildman–Crippen MR) is 59.9 cm³/mol. The van der Waals surface area contributed by atoms with Gasteiger partial charge in [-0.3, -0.25) is 4.68 Å². The molecule has 15 heavy (non-hydrogen) atoms. The van der Waals surface area contributed by atoms with E-state index in [2.05, 4.69) is 12.0 Å². The van der Waals surface area contributed by atoms with Crippen LogP contribution < -0.4 is 4.74 Å². The van der Waals surface area contributed by atoms with E-state index in [-0.39, 0.29) is 0 Å². The van der Waals surface area contributed by atoms with Crippen molar-refractivity contribution < 1.29 is 4.74 Å². The van der Waals surface area contributed by atoms with Gasteiger partial charge in [0.25, 0.3) is 0 Å². The summed E-state index contributed by atoms with van der Waals surface area (Å²) in [7, 11) is 1.92. The van der Waals surface area contributed by atoms with Crippen molar-refractivity contribution in [3.05, 3.63) is 12.4 Å². The van der Waals surface area contributed by atoms with Crippen LogP contribution in [-0.4, -0.2) is 15.9 Å². The number of ether oxygens (including phenoxy) is 1. The molecule has 0 aliphatic heterocycles. The van der Waals surface area contributed by atoms with Crippen molar-refractivity contribution in [1.82, 2.24) is 9.78 Å². The van der Waals surface area contributed by atoms with E-state index in [9.17, 15) is 0 Å². The summed E-state index contributed by atoms with van der Waals surface area (Å²) in [5.41, 5.74) is 0. The third-order valence-corrected chi connectivity index (χ3v) is 3.30. The van der Waals surface area contributed by atoms with Crippen LogP contribution in [0.3, 0.4) is 0 Å². The molecule has 0 spiro atoms. The molecule has 1 aromatic heterocycles. The first-order valence-electron chi connectivity index (χ1n) is 5.93. The van der Waals surface area contributed by atoms with E-state index in [0.29, 0.717) is 6.10 Å². The summed E-state index contributed by atoms with van der Waals surface area (Å²) >= 11 is 0. The molecule has 3 nitrogen and oxygen atoms in total. The minimum absolute atomic E-state index is 0.410. The van der Waals surface area contributed by atoms with Gasteiger partial charge in [-0.05, 0) is 25.2 Å². The zero-order valence-corrected chi connectivity index (χ0v) is 9.65. The van der Waals surface area contributed by atoms with Gasteiger partial charge in [0.1, 0.15) is 0 Å². The average molecular weight is 208 g/mol. The summed E-state index contributed by atoms with van der Waals surface area (Å²) in [5.74, 6) is 1.78. The Balaban J connectivity index is 1.88. The second-order valence-corrected chi connectivity index (χ2v) is 4.53. The Labute approximate surface area is 91.4 Å². The molecule has 0 saturated heterocycles. The van der Waals surface area contributed by atoms with Crippen LogP contribution in [0.25, 0.3) is 0 Å². The van der Waals surface area contributed by atoms with Gasteiger partial charge in [0.15, 0.2) is 5.75 Å². The van der Waals surface area contributed by atoms with Crippen LogP contribution in [0.15, 0.2) is 12.4 Å². The number of rotatable bonds is 3. The lowest BCUT2D eigenvalue weighted by molar-refractivity contribution is 0.122. The summed E-state index contributed by atoms with van der Waals surface area (Å²) < 4.78 is 7.71. The number of nitrogens with zero attached hydrogens (tertiary/aromatic N) is 2. The Kier molecular flexibility index (Phi) is 3.29. The SMILES string of the molecule is CCC1CCCC(Oc2cnn(C)c2)C1. The number of hydrogen-bond acceptors (Lipinski definition) is 2. The van der Waals surface area contributed by atoms with Crippen LogP contribution in [0, 0.1) is 5.92 Å². The van der Waals surface area contributed by atoms with Gasteiger partial charge >= 0.3 is 0 Å². The molecule has 0 bridgehead atoms. The molecule has 1 saturated carbocycles. The Morgan fingerprint density at radius 2 is 2.40 bits per heavy atom. The zero-order valence-electron chi connectivity index (χ0n) is 9.65. The van der Waals surface area contributed by atoms with Gasteiger partial charge in [-0.15, -0.1) is 0 Å². The van der Waals surface area contributed by atoms with Crippen LogP contribution >= 0.6 is 0 Å². The number of aryl methyl sites for hydroxylation is 1. The smallest absolute Gasteiger partial charge is 0.157 e. The molecule has 0 radical (unpaired) electrons. The van der Waals surface area contributed by atoms with Gasteiger partial charge < -0.3 is 4.74 Å². The molecule has 1 fully saturated rings. The highest BCUT2D eigenvalue weighted by Gasteiger charge is 2.22. The van der Waals surface area contributed by atoms with Gasteiger partial charge in [-0.2, -0.15) is 5.10 Å². The lowest BCUT2D eigenvalue weighted by Crippen LogP contribution is -2.24. The standard InChI is InChI=1S/C12H20N2O/c1-3-10-5-4-6-11(7-10)15-12-8-13-14(2)9-12/h8-11H,3-7H2,1-2H3. The maximum atomic E-state index is 5.92. The van der Waals surface area contributed by atoms with Gasteiger partial charge in [0.05, 0.1) is 18.5 Å². The van der Waals surface area contributed by atoms with Gasteiger partial charge in [-0.25, -0.2) is 0 Å². The summed E-state index contributed by atoms with van der Waals surface area (Å²) in [4.78, 5) is 0. The minimum atomic E-state index is 0.410. The normalized spacial score (nSPS) is 26.5. The second-order valence-electron chi connectivity index (χ2n) is 4.53. The molecule has 0 N–H and O–H groups in total. The fourth-order valence-corrected chi connectivity index (χ4v) is 2.37. The Morgan fingerprint density at radius 1 is 1.53 bits per heavy atom. The first-order valence-corrected chi connectivity index (χ1v) is 5.93. The van der Waals surface area contributed by atoms with Gasteiger partial charge in [0, 0.05) is 7.05 Å². The second kappa shape index (κ2) is 4.69. The maximum absolute atomic E-state index is 5.92. The van der Waals surface area contributed by atoms with Crippen molar-refractivity contribution in [3.8, 4) is 5.75 Å². The van der Waals surface area contributed by atoms with Crippen molar-refractivity contribution >= 4 is 0 Å². The van der Waals surface area contributed by atoms with Gasteiger partial charge in [-0.1, -0.05) is 19.8 Å². The minimum Gasteiger partial charge on any atom is -0.487 e. The molecule has 2 unspecified atom stereocenters. The molecular formula is C12H20N2O. The van der Waals surface area contributed by atoms with Crippen molar-refractivity contribution in [1.29, 1.82) is 0 Å². The lowest BCUT2D eigenvalue weighted by atomic mass is 9.85. The summed E-state index contributed by atoms with van der Waals surface area (Å²) in [6.45, 7) is 2.27. The highest BCUT2D eigenvalue weighted by molar-refractivity contribution is 5.12. The van der Waals surface area contributed by atoms with Crippen LogP contribution in [0.1, 0.15) is 39.0 Å². The molecule has 0 aromatic carbocycles. The summed E-state index contributed by atoms with van der Waals surface area (Å²) in [6.07, 6.45) is 10.5. The Morgan fingerprint density at radius 3 is 3.07 bits per heavy atom. The lowest BCUT2D eigenvalue weighted by Gasteiger charge is -2.28. The fraction of sp³-hybridized carbons (Fsp3) is 0.750. The van der Waals surface area contributed by atoms with Crippen molar-refractivity contribution in [2.45, 2.75) is 45.1 Å².